The van der Waals surface area contributed by atoms with E-state index in [1.807, 2.05) is 19.9 Å². The number of pyridine rings is 1. The van der Waals surface area contributed by atoms with Gasteiger partial charge in [0.05, 0.1) is 11.0 Å². The molecule has 1 amide bonds. The molecule has 0 unspecified atom stereocenters. The van der Waals surface area contributed by atoms with Gasteiger partial charge < -0.3 is 4.90 Å². The number of nitrogens with zero attached hydrogens (tertiary/aromatic N) is 3. The highest BCUT2D eigenvalue weighted by Gasteiger charge is 2.21. The highest BCUT2D eigenvalue weighted by Crippen LogP contribution is 2.24. The lowest BCUT2D eigenvalue weighted by atomic mass is 10.1. The maximum atomic E-state index is 12.5. The van der Waals surface area contributed by atoms with Crippen molar-refractivity contribution in [3.05, 3.63) is 69.5 Å². The van der Waals surface area contributed by atoms with Gasteiger partial charge in [-0.1, -0.05) is 18.2 Å². The predicted molar refractivity (Wildman–Crippen MR) is 82.6 cm³/mol. The lowest BCUT2D eigenvalue weighted by Crippen LogP contribution is -2.30. The van der Waals surface area contributed by atoms with Gasteiger partial charge in [-0.25, -0.2) is 4.98 Å². The van der Waals surface area contributed by atoms with Crippen LogP contribution in [0.25, 0.3) is 0 Å². The number of hydrogen-bond donors (Lipinski definition) is 0. The van der Waals surface area contributed by atoms with Crippen LogP contribution in [0.15, 0.2) is 42.5 Å². The molecule has 1 atom stereocenters. The molecule has 6 heteroatoms. The number of nitro benzene ring substituents is 1. The fourth-order valence-electron chi connectivity index (χ4n) is 2.14. The fourth-order valence-corrected chi connectivity index (χ4v) is 2.14. The van der Waals surface area contributed by atoms with Crippen LogP contribution in [0.5, 0.6) is 0 Å². The second-order valence-electron chi connectivity index (χ2n) is 5.11. The molecule has 0 aliphatic rings. The minimum atomic E-state index is -0.444. The van der Waals surface area contributed by atoms with Crippen molar-refractivity contribution in [2.24, 2.45) is 0 Å². The number of carbonyl (C=O) groups is 1. The molecule has 0 saturated heterocycles. The standard InChI is InChI=1S/C16H17N3O3/c1-11-6-4-9-15(17-11)16(20)18(3)12(2)13-7-5-8-14(10-13)19(21)22/h4-10,12H,1-3H3/t12-/m1/s1. The summed E-state index contributed by atoms with van der Waals surface area (Å²) in [5.41, 5.74) is 1.85. The van der Waals surface area contributed by atoms with Gasteiger partial charge in [0, 0.05) is 24.9 Å². The summed E-state index contributed by atoms with van der Waals surface area (Å²) in [6.07, 6.45) is 0. The van der Waals surface area contributed by atoms with E-state index in [0.29, 0.717) is 11.3 Å². The summed E-state index contributed by atoms with van der Waals surface area (Å²) in [5, 5.41) is 10.9. The summed E-state index contributed by atoms with van der Waals surface area (Å²) >= 11 is 0. The number of rotatable bonds is 4. The van der Waals surface area contributed by atoms with E-state index in [-0.39, 0.29) is 17.6 Å². The van der Waals surface area contributed by atoms with E-state index in [9.17, 15) is 14.9 Å². The van der Waals surface area contributed by atoms with Crippen molar-refractivity contribution >= 4 is 11.6 Å². The molecule has 0 aliphatic carbocycles. The molecule has 0 aliphatic heterocycles. The average molecular weight is 299 g/mol. The van der Waals surface area contributed by atoms with E-state index < -0.39 is 4.92 Å². The monoisotopic (exact) mass is 299 g/mol. The van der Waals surface area contributed by atoms with Gasteiger partial charge in [-0.05, 0) is 31.5 Å². The number of nitro groups is 1. The van der Waals surface area contributed by atoms with Crippen LogP contribution in [0.4, 0.5) is 5.69 Å². The molecule has 2 rings (SSSR count). The zero-order chi connectivity index (χ0) is 16.3. The van der Waals surface area contributed by atoms with Crippen molar-refractivity contribution < 1.29 is 9.72 Å². The Morgan fingerprint density at radius 3 is 2.59 bits per heavy atom. The van der Waals surface area contributed by atoms with E-state index in [4.69, 9.17) is 0 Å². The molecule has 0 fully saturated rings. The average Bonchev–Trinajstić information content (AvgIpc) is 2.52. The van der Waals surface area contributed by atoms with Crippen LogP contribution in [0, 0.1) is 17.0 Å². The number of hydrogen-bond acceptors (Lipinski definition) is 4. The number of benzene rings is 1. The quantitative estimate of drug-likeness (QED) is 0.642. The van der Waals surface area contributed by atoms with Crippen LogP contribution in [0.3, 0.4) is 0 Å². The predicted octanol–water partition coefficient (Wildman–Crippen LogP) is 3.13. The molecule has 1 aromatic heterocycles. The molecule has 0 spiro atoms. The van der Waals surface area contributed by atoms with E-state index in [2.05, 4.69) is 4.98 Å². The third-order valence-electron chi connectivity index (χ3n) is 3.57. The van der Waals surface area contributed by atoms with E-state index in [1.165, 1.54) is 17.0 Å². The molecule has 0 saturated carbocycles. The van der Waals surface area contributed by atoms with Crippen LogP contribution in [0.1, 0.15) is 34.7 Å². The summed E-state index contributed by atoms with van der Waals surface area (Å²) in [7, 11) is 1.66. The molecular formula is C16H17N3O3. The number of amides is 1. The van der Waals surface area contributed by atoms with Gasteiger partial charge in [-0.2, -0.15) is 0 Å². The SMILES string of the molecule is Cc1cccc(C(=O)N(C)[C@H](C)c2cccc([N+](=O)[O-])c2)n1. The number of non-ortho nitro benzene ring substituents is 1. The Morgan fingerprint density at radius 2 is 1.95 bits per heavy atom. The minimum absolute atomic E-state index is 0.0129. The summed E-state index contributed by atoms with van der Waals surface area (Å²) < 4.78 is 0. The molecule has 2 aromatic rings. The first-order valence-electron chi connectivity index (χ1n) is 6.85. The maximum absolute atomic E-state index is 12.5. The van der Waals surface area contributed by atoms with Gasteiger partial charge in [-0.3, -0.25) is 14.9 Å². The zero-order valence-electron chi connectivity index (χ0n) is 12.7. The lowest BCUT2D eigenvalue weighted by Gasteiger charge is -2.25. The van der Waals surface area contributed by atoms with Gasteiger partial charge in [0.25, 0.3) is 11.6 Å². The first-order chi connectivity index (χ1) is 10.4. The first-order valence-corrected chi connectivity index (χ1v) is 6.85. The maximum Gasteiger partial charge on any atom is 0.272 e. The normalized spacial score (nSPS) is 11.8. The van der Waals surface area contributed by atoms with Crippen LogP contribution >= 0.6 is 0 Å². The van der Waals surface area contributed by atoms with Crippen molar-refractivity contribution in [2.75, 3.05) is 7.05 Å². The Hall–Kier alpha value is -2.76. The van der Waals surface area contributed by atoms with Crippen LogP contribution in [-0.2, 0) is 0 Å². The third-order valence-corrected chi connectivity index (χ3v) is 3.57. The van der Waals surface area contributed by atoms with Gasteiger partial charge in [-0.15, -0.1) is 0 Å². The van der Waals surface area contributed by atoms with Crippen molar-refractivity contribution in [1.29, 1.82) is 0 Å². The second-order valence-corrected chi connectivity index (χ2v) is 5.11. The molecule has 22 heavy (non-hydrogen) atoms. The van der Waals surface area contributed by atoms with Gasteiger partial charge in [0.1, 0.15) is 5.69 Å². The Labute approximate surface area is 128 Å². The molecule has 0 N–H and O–H groups in total. The number of aromatic nitrogens is 1. The van der Waals surface area contributed by atoms with Crippen molar-refractivity contribution in [3.8, 4) is 0 Å². The summed E-state index contributed by atoms with van der Waals surface area (Å²) in [4.78, 5) is 28.6. The molecule has 1 heterocycles. The van der Waals surface area contributed by atoms with Gasteiger partial charge in [0.15, 0.2) is 0 Å². The lowest BCUT2D eigenvalue weighted by molar-refractivity contribution is -0.384. The Kier molecular flexibility index (Phi) is 4.50. The molecule has 0 bridgehead atoms. The number of aryl methyl sites for hydroxylation is 1. The largest absolute Gasteiger partial charge is 0.334 e. The third kappa shape index (κ3) is 3.28. The summed E-state index contributed by atoms with van der Waals surface area (Å²) in [5.74, 6) is -0.220. The van der Waals surface area contributed by atoms with Crippen LogP contribution in [0.2, 0.25) is 0 Å². The second kappa shape index (κ2) is 6.34. The van der Waals surface area contributed by atoms with E-state index >= 15 is 0 Å². The Bertz CT molecular complexity index is 715. The molecule has 0 radical (unpaired) electrons. The molecule has 6 nitrogen and oxygen atoms in total. The molecule has 1 aromatic carbocycles. The smallest absolute Gasteiger partial charge is 0.272 e. The fraction of sp³-hybridized carbons (Fsp3) is 0.250. The first kappa shape index (κ1) is 15.6. The Morgan fingerprint density at radius 1 is 1.27 bits per heavy atom. The minimum Gasteiger partial charge on any atom is -0.334 e. The van der Waals surface area contributed by atoms with Crippen LogP contribution < -0.4 is 0 Å². The van der Waals surface area contributed by atoms with Crippen molar-refractivity contribution in [1.82, 2.24) is 9.88 Å². The number of carbonyl (C=O) groups excluding carboxylic acids is 1. The van der Waals surface area contributed by atoms with E-state index in [0.717, 1.165) is 5.69 Å². The van der Waals surface area contributed by atoms with Gasteiger partial charge >= 0.3 is 0 Å². The van der Waals surface area contributed by atoms with Gasteiger partial charge in [0.2, 0.25) is 0 Å². The van der Waals surface area contributed by atoms with Crippen LogP contribution in [-0.4, -0.2) is 27.8 Å². The topological polar surface area (TPSA) is 76.3 Å². The molecule has 114 valence electrons. The highest BCUT2D eigenvalue weighted by atomic mass is 16.6. The zero-order valence-corrected chi connectivity index (χ0v) is 12.7. The highest BCUT2D eigenvalue weighted by molar-refractivity contribution is 5.92. The van der Waals surface area contributed by atoms with E-state index in [1.54, 1.807) is 31.3 Å². The van der Waals surface area contributed by atoms with Crippen molar-refractivity contribution in [3.63, 3.8) is 0 Å². The Balaban J connectivity index is 2.25. The molecular weight excluding hydrogens is 282 g/mol. The summed E-state index contributed by atoms with van der Waals surface area (Å²) in [6.45, 7) is 3.65. The van der Waals surface area contributed by atoms with Crippen molar-refractivity contribution in [2.45, 2.75) is 19.9 Å². The summed E-state index contributed by atoms with van der Waals surface area (Å²) in [6, 6.07) is 11.3.